The van der Waals surface area contributed by atoms with Crippen molar-refractivity contribution in [3.05, 3.63) is 35.3 Å². The molecule has 0 bridgehead atoms. The number of nitrogens with one attached hydrogen (secondary N) is 1. The van der Waals surface area contributed by atoms with Crippen LogP contribution in [0.1, 0.15) is 11.3 Å². The number of benzene rings is 1. The quantitative estimate of drug-likeness (QED) is 0.745. The molecule has 1 amide bonds. The van der Waals surface area contributed by atoms with Gasteiger partial charge in [0.25, 0.3) is 0 Å². The van der Waals surface area contributed by atoms with Crippen LogP contribution >= 0.6 is 11.3 Å². The number of carbonyl (C=O) groups is 1. The predicted molar refractivity (Wildman–Crippen MR) is 84.6 cm³/mol. The van der Waals surface area contributed by atoms with Crippen molar-refractivity contribution in [3.8, 4) is 16.3 Å². The van der Waals surface area contributed by atoms with Gasteiger partial charge in [-0.15, -0.1) is 11.3 Å². The van der Waals surface area contributed by atoms with E-state index in [0.717, 1.165) is 15.4 Å². The molecule has 5 nitrogen and oxygen atoms in total. The molecule has 0 spiro atoms. The van der Waals surface area contributed by atoms with E-state index >= 15 is 0 Å². The Hall–Kier alpha value is -2.13. The number of nitrogens with zero attached hydrogens (tertiary/aromatic N) is 1. The van der Waals surface area contributed by atoms with Gasteiger partial charge in [-0.25, -0.2) is 4.98 Å². The molecule has 24 heavy (non-hydrogen) atoms. The Morgan fingerprint density at radius 3 is 2.58 bits per heavy atom. The van der Waals surface area contributed by atoms with E-state index in [2.05, 4.69) is 4.98 Å². The van der Waals surface area contributed by atoms with Gasteiger partial charge >= 0.3 is 12.1 Å². The third-order valence-electron chi connectivity index (χ3n) is 2.99. The van der Waals surface area contributed by atoms with E-state index in [4.69, 9.17) is 10.5 Å². The number of rotatable bonds is 7. The maximum atomic E-state index is 12.0. The minimum atomic E-state index is -4.85. The van der Waals surface area contributed by atoms with Crippen LogP contribution in [0.3, 0.4) is 0 Å². The number of nitrogens with two attached hydrogens (primary N) is 1. The molecule has 0 saturated carbocycles. The molecule has 0 unspecified atom stereocenters. The zero-order valence-corrected chi connectivity index (χ0v) is 13.4. The topological polar surface area (TPSA) is 77.2 Å². The number of carbonyl (C=O) groups excluding carboxylic acids is 1. The first-order chi connectivity index (χ1) is 11.4. The third kappa shape index (κ3) is 5.20. The molecule has 3 N–H and O–H groups in total. The standard InChI is InChI=1S/C15H16F3N3O2S/c16-15(17,18)14(22)20-6-1-7-23-11-4-2-10(3-5-11)13-21-9-12(8-19)24-13/h2-5,9H,1,6-8,19H2,(H,20,22). The molecule has 1 heterocycles. The zero-order valence-electron chi connectivity index (χ0n) is 12.6. The molecule has 0 saturated heterocycles. The number of thiazole rings is 1. The van der Waals surface area contributed by atoms with E-state index < -0.39 is 12.1 Å². The minimum Gasteiger partial charge on any atom is -0.494 e. The number of aromatic nitrogens is 1. The minimum absolute atomic E-state index is 0.0998. The fourth-order valence-corrected chi connectivity index (χ4v) is 2.59. The predicted octanol–water partition coefficient (Wildman–Crippen LogP) is 2.72. The molecule has 9 heteroatoms. The molecular weight excluding hydrogens is 343 g/mol. The summed E-state index contributed by atoms with van der Waals surface area (Å²) in [5.74, 6) is -1.34. The summed E-state index contributed by atoms with van der Waals surface area (Å²) in [6, 6.07) is 7.21. The van der Waals surface area contributed by atoms with E-state index in [1.807, 2.05) is 12.1 Å². The normalized spacial score (nSPS) is 11.3. The van der Waals surface area contributed by atoms with Crippen molar-refractivity contribution in [1.29, 1.82) is 0 Å². The van der Waals surface area contributed by atoms with Crippen molar-refractivity contribution in [1.82, 2.24) is 10.3 Å². The average Bonchev–Trinajstić information content (AvgIpc) is 3.03. The number of alkyl halides is 3. The van der Waals surface area contributed by atoms with E-state index in [1.54, 1.807) is 23.6 Å². The van der Waals surface area contributed by atoms with Gasteiger partial charge in [-0.1, -0.05) is 0 Å². The summed E-state index contributed by atoms with van der Waals surface area (Å²) < 4.78 is 41.3. The maximum absolute atomic E-state index is 12.0. The van der Waals surface area contributed by atoms with Gasteiger partial charge in [-0.3, -0.25) is 4.79 Å². The van der Waals surface area contributed by atoms with Crippen LogP contribution in [0.15, 0.2) is 30.5 Å². The Bertz CT molecular complexity index is 671. The fourth-order valence-electron chi connectivity index (χ4n) is 1.79. The summed E-state index contributed by atoms with van der Waals surface area (Å²) in [5.41, 5.74) is 6.48. The van der Waals surface area contributed by atoms with Gasteiger partial charge in [0, 0.05) is 29.7 Å². The van der Waals surface area contributed by atoms with Gasteiger partial charge in [0.2, 0.25) is 0 Å². The van der Waals surface area contributed by atoms with Crippen molar-refractivity contribution < 1.29 is 22.7 Å². The second kappa shape index (κ2) is 8.11. The van der Waals surface area contributed by atoms with Gasteiger partial charge < -0.3 is 15.8 Å². The summed E-state index contributed by atoms with van der Waals surface area (Å²) in [5, 5.41) is 2.64. The van der Waals surface area contributed by atoms with Crippen LogP contribution in [0.2, 0.25) is 0 Å². The Labute approximate surface area is 140 Å². The number of halogens is 3. The maximum Gasteiger partial charge on any atom is 0.471 e. The molecule has 130 valence electrons. The lowest BCUT2D eigenvalue weighted by molar-refractivity contribution is -0.173. The van der Waals surface area contributed by atoms with Crippen LogP contribution in [0.25, 0.3) is 10.6 Å². The average molecular weight is 359 g/mol. The molecule has 1 aromatic heterocycles. The Balaban J connectivity index is 1.75. The molecule has 1 aromatic carbocycles. The molecule has 0 atom stereocenters. The van der Waals surface area contributed by atoms with E-state index in [1.165, 1.54) is 11.3 Å². The summed E-state index contributed by atoms with van der Waals surface area (Å²) >= 11 is 1.51. The lowest BCUT2D eigenvalue weighted by Gasteiger charge is -2.09. The van der Waals surface area contributed by atoms with Crippen molar-refractivity contribution in [2.45, 2.75) is 19.1 Å². The first-order valence-corrected chi connectivity index (χ1v) is 7.95. The van der Waals surface area contributed by atoms with Crippen LogP contribution < -0.4 is 15.8 Å². The number of hydrogen-bond donors (Lipinski definition) is 2. The van der Waals surface area contributed by atoms with Crippen molar-refractivity contribution in [2.75, 3.05) is 13.2 Å². The van der Waals surface area contributed by atoms with Gasteiger partial charge in [-0.2, -0.15) is 13.2 Å². The van der Waals surface area contributed by atoms with Crippen LogP contribution in [0.5, 0.6) is 5.75 Å². The van der Waals surface area contributed by atoms with Crippen molar-refractivity contribution >= 4 is 17.2 Å². The Morgan fingerprint density at radius 2 is 2.00 bits per heavy atom. The highest BCUT2D eigenvalue weighted by atomic mass is 32.1. The second-order valence-corrected chi connectivity index (χ2v) is 5.93. The summed E-state index contributed by atoms with van der Waals surface area (Å²) in [6.07, 6.45) is -2.84. The van der Waals surface area contributed by atoms with E-state index in [9.17, 15) is 18.0 Å². The summed E-state index contributed by atoms with van der Waals surface area (Å²) in [6.45, 7) is 0.549. The first kappa shape index (κ1) is 18.2. The first-order valence-electron chi connectivity index (χ1n) is 7.13. The summed E-state index contributed by atoms with van der Waals surface area (Å²) in [7, 11) is 0. The number of ether oxygens (including phenoxy) is 1. The van der Waals surface area contributed by atoms with Crippen LogP contribution in [-0.2, 0) is 11.3 Å². The number of amides is 1. The molecule has 0 fully saturated rings. The lowest BCUT2D eigenvalue weighted by atomic mass is 10.2. The van der Waals surface area contributed by atoms with Crippen molar-refractivity contribution in [3.63, 3.8) is 0 Å². The molecule has 0 aliphatic carbocycles. The van der Waals surface area contributed by atoms with Gasteiger partial charge in [0.15, 0.2) is 0 Å². The SMILES string of the molecule is NCc1cnc(-c2ccc(OCCCNC(=O)C(F)(F)F)cc2)s1. The second-order valence-electron chi connectivity index (χ2n) is 4.82. The Morgan fingerprint density at radius 1 is 1.29 bits per heavy atom. The van der Waals surface area contributed by atoms with E-state index in [-0.39, 0.29) is 19.6 Å². The summed E-state index contributed by atoms with van der Waals surface area (Å²) in [4.78, 5) is 15.9. The van der Waals surface area contributed by atoms with E-state index in [0.29, 0.717) is 12.3 Å². The third-order valence-corrected chi connectivity index (χ3v) is 4.06. The zero-order chi connectivity index (χ0) is 17.6. The van der Waals surface area contributed by atoms with Crippen LogP contribution in [0, 0.1) is 0 Å². The highest BCUT2D eigenvalue weighted by molar-refractivity contribution is 7.15. The molecule has 0 aliphatic heterocycles. The molecular formula is C15H16F3N3O2S. The molecule has 0 radical (unpaired) electrons. The van der Waals surface area contributed by atoms with Crippen molar-refractivity contribution in [2.24, 2.45) is 5.73 Å². The smallest absolute Gasteiger partial charge is 0.471 e. The fraction of sp³-hybridized carbons (Fsp3) is 0.333. The lowest BCUT2D eigenvalue weighted by Crippen LogP contribution is -2.37. The number of hydrogen-bond acceptors (Lipinski definition) is 5. The highest BCUT2D eigenvalue weighted by Gasteiger charge is 2.38. The van der Waals surface area contributed by atoms with Crippen LogP contribution in [0.4, 0.5) is 13.2 Å². The monoisotopic (exact) mass is 359 g/mol. The van der Waals surface area contributed by atoms with Crippen LogP contribution in [-0.4, -0.2) is 30.2 Å². The molecule has 2 aromatic rings. The van der Waals surface area contributed by atoms with Gasteiger partial charge in [-0.05, 0) is 30.7 Å². The van der Waals surface area contributed by atoms with Gasteiger partial charge in [0.1, 0.15) is 10.8 Å². The largest absolute Gasteiger partial charge is 0.494 e. The molecule has 2 rings (SSSR count). The molecule has 0 aliphatic rings. The highest BCUT2D eigenvalue weighted by Crippen LogP contribution is 2.26. The Kier molecular flexibility index (Phi) is 6.16. The van der Waals surface area contributed by atoms with Gasteiger partial charge in [0.05, 0.1) is 6.61 Å².